The van der Waals surface area contributed by atoms with Gasteiger partial charge in [-0.1, -0.05) is 0 Å². The molecule has 0 amide bonds. The van der Waals surface area contributed by atoms with Gasteiger partial charge in [-0.3, -0.25) is 0 Å². The fourth-order valence-electron chi connectivity index (χ4n) is 1.22. The van der Waals surface area contributed by atoms with Crippen LogP contribution in [0.4, 0.5) is 0 Å². The van der Waals surface area contributed by atoms with E-state index < -0.39 is 0 Å². The van der Waals surface area contributed by atoms with Crippen molar-refractivity contribution in [3.05, 3.63) is 11.5 Å². The lowest BCUT2D eigenvalue weighted by molar-refractivity contribution is -0.117. The van der Waals surface area contributed by atoms with Gasteiger partial charge in [0.25, 0.3) is 0 Å². The predicted octanol–water partition coefficient (Wildman–Crippen LogP) is 1.38. The van der Waals surface area contributed by atoms with Gasteiger partial charge in [-0.15, -0.1) is 11.8 Å². The molecule has 1 saturated heterocycles. The van der Waals surface area contributed by atoms with Crippen LogP contribution in [-0.4, -0.2) is 24.8 Å². The minimum Gasteiger partial charge on any atom is -0.344 e. The van der Waals surface area contributed by atoms with E-state index in [4.69, 9.17) is 9.47 Å². The van der Waals surface area contributed by atoms with E-state index in [1.54, 1.807) is 0 Å². The van der Waals surface area contributed by atoms with Crippen molar-refractivity contribution in [1.82, 2.24) is 0 Å². The molecule has 2 rings (SSSR count). The fraction of sp³-hybridized carbons (Fsp3) is 0.714. The Labute approximate surface area is 64.6 Å². The maximum Gasteiger partial charge on any atom is 0.189 e. The summed E-state index contributed by atoms with van der Waals surface area (Å²) in [4.78, 5) is 0. The molecule has 1 fully saturated rings. The first-order valence-corrected chi connectivity index (χ1v) is 4.53. The van der Waals surface area contributed by atoms with Gasteiger partial charge >= 0.3 is 0 Å². The molecule has 2 aliphatic rings. The van der Waals surface area contributed by atoms with Crippen LogP contribution in [0.5, 0.6) is 0 Å². The molecule has 0 aromatic heterocycles. The largest absolute Gasteiger partial charge is 0.344 e. The van der Waals surface area contributed by atoms with Gasteiger partial charge in [0.1, 0.15) is 0 Å². The van der Waals surface area contributed by atoms with E-state index in [2.05, 4.69) is 5.41 Å². The zero-order chi connectivity index (χ0) is 6.86. The average Bonchev–Trinajstić information content (AvgIpc) is 2.39. The first-order valence-electron chi connectivity index (χ1n) is 3.49. The summed E-state index contributed by atoms with van der Waals surface area (Å²) < 4.78 is 10.9. The van der Waals surface area contributed by atoms with Gasteiger partial charge in [0.05, 0.1) is 13.2 Å². The molecule has 0 unspecified atom stereocenters. The summed E-state index contributed by atoms with van der Waals surface area (Å²) in [6.07, 6.45) is 3.02. The lowest BCUT2D eigenvalue weighted by Crippen LogP contribution is -2.29. The second-order valence-corrected chi connectivity index (χ2v) is 3.45. The minimum absolute atomic E-state index is 0.328. The number of rotatable bonds is 0. The van der Waals surface area contributed by atoms with Crippen molar-refractivity contribution in [2.75, 3.05) is 19.0 Å². The van der Waals surface area contributed by atoms with E-state index >= 15 is 0 Å². The molecule has 2 nitrogen and oxygen atoms in total. The average molecular weight is 158 g/mol. The molecule has 0 aromatic rings. The summed E-state index contributed by atoms with van der Waals surface area (Å²) in [5, 5.41) is 2.06. The maximum atomic E-state index is 5.46. The molecule has 56 valence electrons. The van der Waals surface area contributed by atoms with Crippen LogP contribution in [0, 0.1) is 0 Å². The standard InChI is InChI=1S/C7H10O2S/c1-5-10-6-2-7(1)8-3-4-9-7/h1,5H,2-4,6H2. The maximum absolute atomic E-state index is 5.46. The highest BCUT2D eigenvalue weighted by Gasteiger charge is 2.34. The number of hydrogen-bond acceptors (Lipinski definition) is 3. The fourth-order valence-corrected chi connectivity index (χ4v) is 2.06. The third-order valence-electron chi connectivity index (χ3n) is 1.76. The topological polar surface area (TPSA) is 18.5 Å². The van der Waals surface area contributed by atoms with Crippen molar-refractivity contribution in [3.63, 3.8) is 0 Å². The van der Waals surface area contributed by atoms with Crippen molar-refractivity contribution < 1.29 is 9.47 Å². The Morgan fingerprint density at radius 2 is 2.10 bits per heavy atom. The van der Waals surface area contributed by atoms with Crippen molar-refractivity contribution in [3.8, 4) is 0 Å². The van der Waals surface area contributed by atoms with Crippen LogP contribution in [0.25, 0.3) is 0 Å². The van der Waals surface area contributed by atoms with Crippen molar-refractivity contribution in [2.45, 2.75) is 12.2 Å². The Morgan fingerprint density at radius 3 is 2.70 bits per heavy atom. The smallest absolute Gasteiger partial charge is 0.189 e. The molecule has 1 spiro atoms. The number of thioether (sulfide) groups is 1. The summed E-state index contributed by atoms with van der Waals surface area (Å²) >= 11 is 1.82. The van der Waals surface area contributed by atoms with E-state index in [1.165, 1.54) is 0 Å². The van der Waals surface area contributed by atoms with Gasteiger partial charge in [0.2, 0.25) is 0 Å². The van der Waals surface area contributed by atoms with Crippen LogP contribution in [0.15, 0.2) is 11.5 Å². The summed E-state index contributed by atoms with van der Waals surface area (Å²) in [5.74, 6) is 0.780. The molecule has 0 aromatic carbocycles. The molecular weight excluding hydrogens is 148 g/mol. The monoisotopic (exact) mass is 158 g/mol. The Hall–Kier alpha value is 0.01000. The summed E-state index contributed by atoms with van der Waals surface area (Å²) in [6, 6.07) is 0. The highest BCUT2D eigenvalue weighted by atomic mass is 32.2. The van der Waals surface area contributed by atoms with Crippen molar-refractivity contribution in [1.29, 1.82) is 0 Å². The van der Waals surface area contributed by atoms with Gasteiger partial charge in [0.15, 0.2) is 5.79 Å². The molecule has 0 aliphatic carbocycles. The molecule has 0 saturated carbocycles. The minimum atomic E-state index is -0.328. The van der Waals surface area contributed by atoms with E-state index in [9.17, 15) is 0 Å². The lowest BCUT2D eigenvalue weighted by atomic mass is 10.2. The quantitative estimate of drug-likeness (QED) is 0.530. The second-order valence-electron chi connectivity index (χ2n) is 2.43. The highest BCUT2D eigenvalue weighted by Crippen LogP contribution is 2.31. The molecule has 0 radical (unpaired) electrons. The Morgan fingerprint density at radius 1 is 1.30 bits per heavy atom. The molecule has 0 atom stereocenters. The molecular formula is C7H10O2S. The molecule has 10 heavy (non-hydrogen) atoms. The van der Waals surface area contributed by atoms with Gasteiger partial charge in [-0.25, -0.2) is 0 Å². The van der Waals surface area contributed by atoms with E-state index in [0.717, 1.165) is 25.4 Å². The lowest BCUT2D eigenvalue weighted by Gasteiger charge is -2.25. The zero-order valence-corrected chi connectivity index (χ0v) is 6.52. The van der Waals surface area contributed by atoms with Gasteiger partial charge in [-0.05, 0) is 11.5 Å². The number of hydrogen-bond donors (Lipinski definition) is 0. The summed E-state index contributed by atoms with van der Waals surface area (Å²) in [6.45, 7) is 1.49. The van der Waals surface area contributed by atoms with Crippen LogP contribution in [0.1, 0.15) is 6.42 Å². The molecule has 0 N–H and O–H groups in total. The third-order valence-corrected chi connectivity index (χ3v) is 2.53. The van der Waals surface area contributed by atoms with Gasteiger partial charge < -0.3 is 9.47 Å². The van der Waals surface area contributed by atoms with Crippen molar-refractivity contribution in [2.24, 2.45) is 0 Å². The Balaban J connectivity index is 2.11. The predicted molar refractivity (Wildman–Crippen MR) is 40.9 cm³/mol. The molecule has 2 heterocycles. The molecule has 2 aliphatic heterocycles. The Bertz CT molecular complexity index is 150. The first kappa shape index (κ1) is 6.70. The van der Waals surface area contributed by atoms with Crippen LogP contribution < -0.4 is 0 Å². The van der Waals surface area contributed by atoms with Crippen LogP contribution in [-0.2, 0) is 9.47 Å². The summed E-state index contributed by atoms with van der Waals surface area (Å²) in [7, 11) is 0. The van der Waals surface area contributed by atoms with E-state index in [1.807, 2.05) is 17.8 Å². The van der Waals surface area contributed by atoms with E-state index in [0.29, 0.717) is 0 Å². The van der Waals surface area contributed by atoms with Crippen molar-refractivity contribution >= 4 is 11.8 Å². The second kappa shape index (κ2) is 2.57. The SMILES string of the molecule is C1=CC2(CCS1)OCCO2. The van der Waals surface area contributed by atoms with Gasteiger partial charge in [-0.2, -0.15) is 0 Å². The van der Waals surface area contributed by atoms with Crippen LogP contribution in [0.3, 0.4) is 0 Å². The Kier molecular flexibility index (Phi) is 1.72. The highest BCUT2D eigenvalue weighted by molar-refractivity contribution is 8.02. The van der Waals surface area contributed by atoms with E-state index in [-0.39, 0.29) is 5.79 Å². The first-order chi connectivity index (χ1) is 4.91. The normalized spacial score (nSPS) is 29.6. The zero-order valence-electron chi connectivity index (χ0n) is 5.71. The van der Waals surface area contributed by atoms with Crippen LogP contribution in [0.2, 0.25) is 0 Å². The third kappa shape index (κ3) is 1.09. The van der Waals surface area contributed by atoms with Crippen LogP contribution >= 0.6 is 11.8 Å². The summed E-state index contributed by atoms with van der Waals surface area (Å²) in [5.41, 5.74) is 0. The molecule has 0 bridgehead atoms. The number of ether oxygens (including phenoxy) is 2. The molecule has 3 heteroatoms. The van der Waals surface area contributed by atoms with Gasteiger partial charge in [0, 0.05) is 12.2 Å².